The van der Waals surface area contributed by atoms with Crippen LogP contribution in [-0.4, -0.2) is 58.5 Å². The van der Waals surface area contributed by atoms with Gasteiger partial charge in [-0.1, -0.05) is 0 Å². The first-order valence-corrected chi connectivity index (χ1v) is 8.32. The van der Waals surface area contributed by atoms with Crippen LogP contribution in [0, 0.1) is 5.92 Å². The third kappa shape index (κ3) is 4.10. The van der Waals surface area contributed by atoms with Crippen LogP contribution in [-0.2, 0) is 16.1 Å². The number of rotatable bonds is 6. The first-order valence-electron chi connectivity index (χ1n) is 8.32. The van der Waals surface area contributed by atoms with Crippen molar-refractivity contribution in [3.05, 3.63) is 17.5 Å². The Morgan fingerprint density at radius 1 is 1.35 bits per heavy atom. The van der Waals surface area contributed by atoms with Crippen molar-refractivity contribution >= 4 is 11.8 Å². The molecule has 1 aliphatic heterocycles. The fourth-order valence-electron chi connectivity index (χ4n) is 3.08. The molecule has 1 aromatic heterocycles. The molecule has 3 rings (SSSR count). The molecule has 1 saturated heterocycles. The van der Waals surface area contributed by atoms with Crippen LogP contribution in [0.3, 0.4) is 0 Å². The van der Waals surface area contributed by atoms with E-state index in [1.54, 1.807) is 4.90 Å². The quantitative estimate of drug-likeness (QED) is 0.795. The molecule has 7 heteroatoms. The van der Waals surface area contributed by atoms with E-state index in [1.165, 1.54) is 12.8 Å². The first kappa shape index (κ1) is 16.0. The molecule has 1 saturated carbocycles. The van der Waals surface area contributed by atoms with Crippen molar-refractivity contribution in [3.8, 4) is 0 Å². The maximum atomic E-state index is 12.3. The van der Waals surface area contributed by atoms with E-state index >= 15 is 0 Å². The van der Waals surface area contributed by atoms with Crippen molar-refractivity contribution in [2.45, 2.75) is 38.1 Å². The van der Waals surface area contributed by atoms with Crippen molar-refractivity contribution < 1.29 is 9.59 Å². The second-order valence-corrected chi connectivity index (χ2v) is 6.79. The van der Waals surface area contributed by atoms with Gasteiger partial charge in [0.1, 0.15) is 0 Å². The number of carbonyl (C=O) groups excluding carboxylic acids is 2. The highest BCUT2D eigenvalue weighted by Gasteiger charge is 2.27. The third-order valence-corrected chi connectivity index (χ3v) is 4.83. The standard InChI is InChI=1S/C16H25N5O2/c1-20(9-13-8-14(19-18-13)11-2-3-11)15(22)10-21-6-4-12(5-7-21)16(17)23/h8,11-12H,2-7,9-10H2,1H3,(H2,17,23)(H,18,19). The number of piperidine rings is 1. The van der Waals surface area contributed by atoms with Crippen molar-refractivity contribution in [1.29, 1.82) is 0 Å². The van der Waals surface area contributed by atoms with Gasteiger partial charge in [0.2, 0.25) is 11.8 Å². The molecule has 126 valence electrons. The number of amides is 2. The first-order chi connectivity index (χ1) is 11.0. The van der Waals surface area contributed by atoms with Gasteiger partial charge >= 0.3 is 0 Å². The monoisotopic (exact) mass is 319 g/mol. The third-order valence-electron chi connectivity index (χ3n) is 4.83. The van der Waals surface area contributed by atoms with E-state index < -0.39 is 0 Å². The zero-order valence-electron chi connectivity index (χ0n) is 13.6. The minimum Gasteiger partial charge on any atom is -0.369 e. The normalized spacial score (nSPS) is 19.7. The Bertz CT molecular complexity index is 573. The molecule has 0 aromatic carbocycles. The Kier molecular flexibility index (Phi) is 4.66. The van der Waals surface area contributed by atoms with Crippen LogP contribution >= 0.6 is 0 Å². The van der Waals surface area contributed by atoms with Crippen LogP contribution < -0.4 is 5.73 Å². The van der Waals surface area contributed by atoms with Crippen LogP contribution in [0.4, 0.5) is 0 Å². The lowest BCUT2D eigenvalue weighted by atomic mass is 9.96. The van der Waals surface area contributed by atoms with E-state index in [-0.39, 0.29) is 17.7 Å². The fourth-order valence-corrected chi connectivity index (χ4v) is 3.08. The molecule has 2 amide bonds. The van der Waals surface area contributed by atoms with Gasteiger partial charge in [0.05, 0.1) is 24.5 Å². The number of H-pyrrole nitrogens is 1. The lowest BCUT2D eigenvalue weighted by molar-refractivity contribution is -0.132. The molecule has 1 aromatic rings. The zero-order chi connectivity index (χ0) is 16.4. The summed E-state index contributed by atoms with van der Waals surface area (Å²) in [6, 6.07) is 2.07. The SMILES string of the molecule is CN(Cc1cc(C2CC2)n[nH]1)C(=O)CN1CCC(C(N)=O)CC1. The Morgan fingerprint density at radius 3 is 2.65 bits per heavy atom. The Hall–Kier alpha value is -1.89. The summed E-state index contributed by atoms with van der Waals surface area (Å²) in [7, 11) is 1.82. The summed E-state index contributed by atoms with van der Waals surface area (Å²) in [6.07, 6.45) is 3.94. The number of nitrogens with zero attached hydrogens (tertiary/aromatic N) is 3. The zero-order valence-corrected chi connectivity index (χ0v) is 13.6. The van der Waals surface area contributed by atoms with Gasteiger partial charge in [0, 0.05) is 18.9 Å². The van der Waals surface area contributed by atoms with E-state index in [2.05, 4.69) is 21.2 Å². The highest BCUT2D eigenvalue weighted by molar-refractivity contribution is 5.78. The molecule has 0 spiro atoms. The summed E-state index contributed by atoms with van der Waals surface area (Å²) >= 11 is 0. The van der Waals surface area contributed by atoms with Crippen LogP contribution in [0.15, 0.2) is 6.07 Å². The molecule has 7 nitrogen and oxygen atoms in total. The van der Waals surface area contributed by atoms with Crippen LogP contribution in [0.1, 0.15) is 43.0 Å². The molecule has 23 heavy (non-hydrogen) atoms. The van der Waals surface area contributed by atoms with E-state index in [9.17, 15) is 9.59 Å². The molecule has 0 unspecified atom stereocenters. The van der Waals surface area contributed by atoms with Gasteiger partial charge < -0.3 is 10.6 Å². The van der Waals surface area contributed by atoms with Crippen LogP contribution in [0.2, 0.25) is 0 Å². The van der Waals surface area contributed by atoms with Gasteiger partial charge in [-0.05, 0) is 44.8 Å². The summed E-state index contributed by atoms with van der Waals surface area (Å²) in [6.45, 7) is 2.45. The highest BCUT2D eigenvalue weighted by atomic mass is 16.2. The molecular weight excluding hydrogens is 294 g/mol. The predicted molar refractivity (Wildman–Crippen MR) is 85.4 cm³/mol. The Balaban J connectivity index is 1.44. The van der Waals surface area contributed by atoms with Gasteiger partial charge in [-0.2, -0.15) is 5.10 Å². The molecule has 0 bridgehead atoms. The van der Waals surface area contributed by atoms with Gasteiger partial charge in [-0.25, -0.2) is 0 Å². The summed E-state index contributed by atoms with van der Waals surface area (Å²) in [5.41, 5.74) is 7.44. The topological polar surface area (TPSA) is 95.3 Å². The molecule has 1 aliphatic carbocycles. The lowest BCUT2D eigenvalue weighted by Gasteiger charge is -2.31. The van der Waals surface area contributed by atoms with Crippen LogP contribution in [0.5, 0.6) is 0 Å². The molecule has 0 atom stereocenters. The maximum absolute atomic E-state index is 12.3. The van der Waals surface area contributed by atoms with Crippen molar-refractivity contribution in [1.82, 2.24) is 20.0 Å². The average molecular weight is 319 g/mol. The van der Waals surface area contributed by atoms with Crippen molar-refractivity contribution in [2.75, 3.05) is 26.7 Å². The minimum absolute atomic E-state index is 0.0371. The fraction of sp³-hybridized carbons (Fsp3) is 0.688. The summed E-state index contributed by atoms with van der Waals surface area (Å²) < 4.78 is 0. The van der Waals surface area contributed by atoms with Gasteiger partial charge in [0.15, 0.2) is 0 Å². The largest absolute Gasteiger partial charge is 0.369 e. The smallest absolute Gasteiger partial charge is 0.236 e. The number of hydrogen-bond donors (Lipinski definition) is 2. The number of hydrogen-bond acceptors (Lipinski definition) is 4. The van der Waals surface area contributed by atoms with Crippen molar-refractivity contribution in [2.24, 2.45) is 11.7 Å². The van der Waals surface area contributed by atoms with Crippen molar-refractivity contribution in [3.63, 3.8) is 0 Å². The molecule has 0 radical (unpaired) electrons. The second-order valence-electron chi connectivity index (χ2n) is 6.79. The molecule has 2 fully saturated rings. The van der Waals surface area contributed by atoms with E-state index in [0.717, 1.165) is 37.3 Å². The number of likely N-dealkylation sites (N-methyl/N-ethyl adjacent to an activating group) is 1. The maximum Gasteiger partial charge on any atom is 0.236 e. The number of nitrogens with one attached hydrogen (secondary N) is 1. The summed E-state index contributed by atoms with van der Waals surface area (Å²) in [5.74, 6) is 0.446. The van der Waals surface area contributed by atoms with E-state index in [1.807, 2.05) is 7.05 Å². The number of primary amides is 1. The highest BCUT2D eigenvalue weighted by Crippen LogP contribution is 2.39. The van der Waals surface area contributed by atoms with Gasteiger partial charge in [-0.15, -0.1) is 0 Å². The second kappa shape index (κ2) is 6.70. The Labute approximate surface area is 136 Å². The molecule has 2 heterocycles. The number of aromatic amines is 1. The summed E-state index contributed by atoms with van der Waals surface area (Å²) in [5, 5.41) is 7.34. The average Bonchev–Trinajstić information content (AvgIpc) is 3.28. The van der Waals surface area contributed by atoms with Gasteiger partial charge in [-0.3, -0.25) is 19.6 Å². The summed E-state index contributed by atoms with van der Waals surface area (Å²) in [4.78, 5) is 27.3. The van der Waals surface area contributed by atoms with Gasteiger partial charge in [0.25, 0.3) is 0 Å². The van der Waals surface area contributed by atoms with Crippen LogP contribution in [0.25, 0.3) is 0 Å². The van der Waals surface area contributed by atoms with E-state index in [4.69, 9.17) is 5.73 Å². The lowest BCUT2D eigenvalue weighted by Crippen LogP contribution is -2.43. The number of likely N-dealkylation sites (tertiary alicyclic amines) is 1. The number of carbonyl (C=O) groups is 2. The Morgan fingerprint density at radius 2 is 2.04 bits per heavy atom. The predicted octanol–water partition coefficient (Wildman–Crippen LogP) is 0.443. The molecule has 3 N–H and O–H groups in total. The number of nitrogens with two attached hydrogens (primary N) is 1. The molecular formula is C16H25N5O2. The number of aromatic nitrogens is 2. The molecule has 2 aliphatic rings. The van der Waals surface area contributed by atoms with E-state index in [0.29, 0.717) is 19.0 Å². The minimum atomic E-state index is -0.223.